The van der Waals surface area contributed by atoms with Crippen molar-refractivity contribution in [3.8, 4) is 0 Å². The van der Waals surface area contributed by atoms with Crippen LogP contribution in [0.15, 0.2) is 63.5 Å². The predicted molar refractivity (Wildman–Crippen MR) is 102 cm³/mol. The molecule has 1 aliphatic carbocycles. The zero-order chi connectivity index (χ0) is 19.1. The molecule has 5 rings (SSSR count). The third-order valence-corrected chi connectivity index (χ3v) is 5.86. The van der Waals surface area contributed by atoms with Gasteiger partial charge in [-0.05, 0) is 36.6 Å². The van der Waals surface area contributed by atoms with Crippen molar-refractivity contribution < 1.29 is 13.6 Å². The third-order valence-electron chi connectivity index (χ3n) is 4.98. The normalized spacial score (nSPS) is 18.6. The number of hydrogen-bond acceptors (Lipinski definition) is 6. The standard InChI is InChI=1S/C20H17FN4O2S/c21-13-6-2-1-5-12(13)11-28-20-23-19-22-14-7-3-8-15(26)17(14)18(25(19)24-20)16-9-4-10-27-16/h1-2,4-6,9-10,18H,3,7-8,11H2,(H,22,23,24). The molecule has 0 saturated carbocycles. The van der Waals surface area contributed by atoms with Crippen LogP contribution >= 0.6 is 11.8 Å². The maximum atomic E-state index is 13.9. The lowest BCUT2D eigenvalue weighted by molar-refractivity contribution is -0.116. The van der Waals surface area contributed by atoms with E-state index in [1.807, 2.05) is 12.1 Å². The summed E-state index contributed by atoms with van der Waals surface area (Å²) in [6.07, 6.45) is 3.73. The zero-order valence-electron chi connectivity index (χ0n) is 14.9. The molecule has 8 heteroatoms. The number of furan rings is 1. The van der Waals surface area contributed by atoms with E-state index in [2.05, 4.69) is 15.4 Å². The van der Waals surface area contributed by atoms with Gasteiger partial charge in [-0.25, -0.2) is 9.07 Å². The van der Waals surface area contributed by atoms with Gasteiger partial charge in [-0.1, -0.05) is 30.0 Å². The quantitative estimate of drug-likeness (QED) is 0.662. The van der Waals surface area contributed by atoms with E-state index in [4.69, 9.17) is 4.42 Å². The molecule has 3 heterocycles. The first-order valence-electron chi connectivity index (χ1n) is 9.10. The van der Waals surface area contributed by atoms with Crippen LogP contribution in [0.5, 0.6) is 0 Å². The van der Waals surface area contributed by atoms with Crippen LogP contribution in [0, 0.1) is 5.82 Å². The van der Waals surface area contributed by atoms with Gasteiger partial charge in [0.25, 0.3) is 0 Å². The van der Waals surface area contributed by atoms with Crippen LogP contribution in [0.1, 0.15) is 36.6 Å². The van der Waals surface area contributed by atoms with Crippen LogP contribution in [-0.4, -0.2) is 20.5 Å². The molecule has 0 amide bonds. The number of halogens is 1. The minimum atomic E-state index is -0.427. The van der Waals surface area contributed by atoms with Crippen molar-refractivity contribution >= 4 is 23.5 Å². The number of carbonyl (C=O) groups excluding carboxylic acids is 1. The van der Waals surface area contributed by atoms with Gasteiger partial charge >= 0.3 is 0 Å². The van der Waals surface area contributed by atoms with Crippen LogP contribution < -0.4 is 5.32 Å². The van der Waals surface area contributed by atoms with Crippen LogP contribution in [0.3, 0.4) is 0 Å². The van der Waals surface area contributed by atoms with Crippen molar-refractivity contribution in [3.05, 3.63) is 71.1 Å². The molecule has 0 saturated heterocycles. The lowest BCUT2D eigenvalue weighted by Gasteiger charge is -2.30. The number of rotatable bonds is 4. The highest BCUT2D eigenvalue weighted by atomic mass is 32.2. The minimum Gasteiger partial charge on any atom is -0.467 e. The first-order chi connectivity index (χ1) is 13.7. The summed E-state index contributed by atoms with van der Waals surface area (Å²) in [6, 6.07) is 9.89. The summed E-state index contributed by atoms with van der Waals surface area (Å²) in [5.74, 6) is 1.52. The molecule has 1 N–H and O–H groups in total. The van der Waals surface area contributed by atoms with E-state index in [1.54, 1.807) is 29.1 Å². The topological polar surface area (TPSA) is 73.0 Å². The van der Waals surface area contributed by atoms with E-state index in [9.17, 15) is 9.18 Å². The number of nitrogens with zero attached hydrogens (tertiary/aromatic N) is 3. The Morgan fingerprint density at radius 1 is 1.25 bits per heavy atom. The number of allylic oxidation sites excluding steroid dienone is 2. The number of fused-ring (bicyclic) bond motifs is 1. The molecule has 3 aromatic rings. The zero-order valence-corrected chi connectivity index (χ0v) is 15.7. The van der Waals surface area contributed by atoms with Gasteiger partial charge in [0.2, 0.25) is 11.1 Å². The highest BCUT2D eigenvalue weighted by molar-refractivity contribution is 7.98. The first-order valence-corrected chi connectivity index (χ1v) is 10.1. The van der Waals surface area contributed by atoms with E-state index in [0.717, 1.165) is 18.5 Å². The Hall–Kier alpha value is -2.87. The summed E-state index contributed by atoms with van der Waals surface area (Å²) < 4.78 is 21.2. The number of carbonyl (C=O) groups is 1. The Kier molecular flexibility index (Phi) is 4.27. The second-order valence-corrected chi connectivity index (χ2v) is 7.70. The molecular formula is C20H17FN4O2S. The van der Waals surface area contributed by atoms with Gasteiger partial charge in [0, 0.05) is 23.4 Å². The minimum absolute atomic E-state index is 0.108. The van der Waals surface area contributed by atoms with Crippen LogP contribution in [0.2, 0.25) is 0 Å². The molecule has 6 nitrogen and oxygen atoms in total. The Bertz CT molecular complexity index is 1070. The summed E-state index contributed by atoms with van der Waals surface area (Å²) in [4.78, 5) is 17.2. The van der Waals surface area contributed by atoms with Gasteiger partial charge in [-0.2, -0.15) is 4.98 Å². The Morgan fingerprint density at radius 2 is 2.14 bits per heavy atom. The molecule has 2 aromatic heterocycles. The highest BCUT2D eigenvalue weighted by Gasteiger charge is 2.38. The van der Waals surface area contributed by atoms with Gasteiger partial charge in [-0.3, -0.25) is 4.79 Å². The maximum absolute atomic E-state index is 13.9. The molecular weight excluding hydrogens is 379 g/mol. The molecule has 0 spiro atoms. The first kappa shape index (κ1) is 17.2. The van der Waals surface area contributed by atoms with Gasteiger partial charge in [-0.15, -0.1) is 5.10 Å². The van der Waals surface area contributed by atoms with Crippen LogP contribution in [0.25, 0.3) is 0 Å². The third kappa shape index (κ3) is 2.93. The summed E-state index contributed by atoms with van der Waals surface area (Å²) in [6.45, 7) is 0. The van der Waals surface area contributed by atoms with Gasteiger partial charge in [0.15, 0.2) is 5.78 Å². The number of aromatic nitrogens is 3. The molecule has 142 valence electrons. The lowest BCUT2D eigenvalue weighted by atomic mass is 9.88. The molecule has 1 atom stereocenters. The van der Waals surface area contributed by atoms with E-state index < -0.39 is 6.04 Å². The fourth-order valence-corrected chi connectivity index (χ4v) is 4.48. The second kappa shape index (κ2) is 6.94. The molecule has 0 radical (unpaired) electrons. The number of thioether (sulfide) groups is 1. The molecule has 28 heavy (non-hydrogen) atoms. The van der Waals surface area contributed by atoms with Crippen molar-refractivity contribution in [3.63, 3.8) is 0 Å². The number of benzene rings is 1. The monoisotopic (exact) mass is 396 g/mol. The fraction of sp³-hybridized carbons (Fsp3) is 0.250. The number of hydrogen-bond donors (Lipinski definition) is 1. The fourth-order valence-electron chi connectivity index (χ4n) is 3.67. The van der Waals surface area contributed by atoms with Crippen molar-refractivity contribution in [2.75, 3.05) is 5.32 Å². The molecule has 2 aliphatic rings. The second-order valence-electron chi connectivity index (χ2n) is 6.75. The molecule has 1 aliphatic heterocycles. The Morgan fingerprint density at radius 3 is 2.96 bits per heavy atom. The lowest BCUT2D eigenvalue weighted by Crippen LogP contribution is -2.31. The number of ketones is 1. The van der Waals surface area contributed by atoms with E-state index in [-0.39, 0.29) is 11.6 Å². The summed E-state index contributed by atoms with van der Waals surface area (Å²) >= 11 is 1.36. The number of nitrogens with one attached hydrogen (secondary N) is 1. The van der Waals surface area contributed by atoms with E-state index in [0.29, 0.717) is 40.2 Å². The average Bonchev–Trinajstić information content (AvgIpc) is 3.35. The van der Waals surface area contributed by atoms with Crippen molar-refractivity contribution in [1.29, 1.82) is 0 Å². The van der Waals surface area contributed by atoms with Gasteiger partial charge < -0.3 is 9.73 Å². The van der Waals surface area contributed by atoms with Crippen LogP contribution in [-0.2, 0) is 10.5 Å². The van der Waals surface area contributed by atoms with E-state index in [1.165, 1.54) is 17.8 Å². The number of anilines is 1. The molecule has 1 aromatic carbocycles. The summed E-state index contributed by atoms with van der Waals surface area (Å²) in [5.41, 5.74) is 2.19. The van der Waals surface area contributed by atoms with Crippen molar-refractivity contribution in [1.82, 2.24) is 14.8 Å². The number of Topliss-reactive ketones (excluding diaryl/α,β-unsaturated/α-hetero) is 1. The largest absolute Gasteiger partial charge is 0.467 e. The molecule has 0 fully saturated rings. The Balaban J connectivity index is 1.49. The molecule has 0 bridgehead atoms. The molecule has 1 unspecified atom stereocenters. The van der Waals surface area contributed by atoms with Gasteiger partial charge in [0.05, 0.1) is 6.26 Å². The summed E-state index contributed by atoms with van der Waals surface area (Å²) in [5, 5.41) is 8.39. The van der Waals surface area contributed by atoms with Gasteiger partial charge in [0.1, 0.15) is 17.6 Å². The van der Waals surface area contributed by atoms with Crippen molar-refractivity contribution in [2.24, 2.45) is 0 Å². The SMILES string of the molecule is O=C1CCCC2=C1C(c1ccco1)n1nc(SCc3ccccc3F)nc1N2. The highest BCUT2D eigenvalue weighted by Crippen LogP contribution is 2.40. The smallest absolute Gasteiger partial charge is 0.227 e. The van der Waals surface area contributed by atoms with E-state index >= 15 is 0 Å². The predicted octanol–water partition coefficient (Wildman–Crippen LogP) is 4.32. The van der Waals surface area contributed by atoms with Crippen molar-refractivity contribution in [2.45, 2.75) is 36.2 Å². The maximum Gasteiger partial charge on any atom is 0.227 e. The average molecular weight is 396 g/mol. The summed E-state index contributed by atoms with van der Waals surface area (Å²) in [7, 11) is 0. The Labute approximate surface area is 164 Å². The van der Waals surface area contributed by atoms with Crippen LogP contribution in [0.4, 0.5) is 10.3 Å².